The van der Waals surface area contributed by atoms with E-state index in [0.29, 0.717) is 5.92 Å². The lowest BCUT2D eigenvalue weighted by atomic mass is 9.75. The molecule has 2 atom stereocenters. The summed E-state index contributed by atoms with van der Waals surface area (Å²) in [6.45, 7) is 4.13. The highest BCUT2D eigenvalue weighted by atomic mass is 19.3. The van der Waals surface area contributed by atoms with E-state index in [-0.39, 0.29) is 18.8 Å². The van der Waals surface area contributed by atoms with E-state index in [4.69, 9.17) is 0 Å². The molecule has 0 aromatic heterocycles. The fourth-order valence-electron chi connectivity index (χ4n) is 2.30. The van der Waals surface area contributed by atoms with Crippen molar-refractivity contribution in [3.63, 3.8) is 0 Å². The average molecular weight is 176 g/mol. The van der Waals surface area contributed by atoms with E-state index in [9.17, 15) is 8.78 Å². The van der Waals surface area contributed by atoms with Crippen molar-refractivity contribution >= 4 is 0 Å². The summed E-state index contributed by atoms with van der Waals surface area (Å²) in [4.78, 5) is 0. The van der Waals surface area contributed by atoms with Gasteiger partial charge in [-0.2, -0.15) is 0 Å². The van der Waals surface area contributed by atoms with Crippen molar-refractivity contribution in [1.29, 1.82) is 0 Å². The van der Waals surface area contributed by atoms with Crippen LogP contribution in [0.15, 0.2) is 0 Å². The van der Waals surface area contributed by atoms with Crippen LogP contribution in [0.5, 0.6) is 0 Å². The van der Waals surface area contributed by atoms with E-state index in [1.807, 2.05) is 6.92 Å². The molecule has 0 radical (unpaired) electrons. The fourth-order valence-corrected chi connectivity index (χ4v) is 2.30. The van der Waals surface area contributed by atoms with Crippen molar-refractivity contribution in [2.45, 2.75) is 51.9 Å². The van der Waals surface area contributed by atoms with Crippen molar-refractivity contribution in [1.82, 2.24) is 0 Å². The van der Waals surface area contributed by atoms with Crippen LogP contribution in [0.4, 0.5) is 8.78 Å². The highest BCUT2D eigenvalue weighted by Crippen LogP contribution is 2.42. The van der Waals surface area contributed by atoms with Gasteiger partial charge in [-0.15, -0.1) is 0 Å². The lowest BCUT2D eigenvalue weighted by molar-refractivity contribution is -0.0704. The minimum absolute atomic E-state index is 0.113. The van der Waals surface area contributed by atoms with E-state index in [0.717, 1.165) is 19.3 Å². The molecule has 0 bridgehead atoms. The van der Waals surface area contributed by atoms with Gasteiger partial charge in [-0.25, -0.2) is 8.78 Å². The number of rotatable bonds is 2. The van der Waals surface area contributed by atoms with Crippen LogP contribution in [0.25, 0.3) is 0 Å². The number of hydrogen-bond donors (Lipinski definition) is 0. The maximum absolute atomic E-state index is 13.0. The summed E-state index contributed by atoms with van der Waals surface area (Å²) >= 11 is 0. The first-order valence-corrected chi connectivity index (χ1v) is 4.97. The molecule has 12 heavy (non-hydrogen) atoms. The minimum Gasteiger partial charge on any atom is -0.207 e. The van der Waals surface area contributed by atoms with Crippen LogP contribution in [-0.4, -0.2) is 5.92 Å². The third kappa shape index (κ3) is 2.18. The Morgan fingerprint density at radius 1 is 1.17 bits per heavy atom. The second-order valence-electron chi connectivity index (χ2n) is 3.94. The lowest BCUT2D eigenvalue weighted by Crippen LogP contribution is -2.31. The summed E-state index contributed by atoms with van der Waals surface area (Å²) in [5.41, 5.74) is 0. The number of alkyl halides is 2. The maximum atomic E-state index is 13.0. The predicted molar refractivity (Wildman–Crippen MR) is 46.4 cm³/mol. The van der Waals surface area contributed by atoms with Crippen molar-refractivity contribution in [2.24, 2.45) is 11.8 Å². The third-order valence-corrected chi connectivity index (χ3v) is 3.16. The Kier molecular flexibility index (Phi) is 3.08. The Morgan fingerprint density at radius 2 is 1.75 bits per heavy atom. The van der Waals surface area contributed by atoms with Gasteiger partial charge in [0, 0.05) is 12.8 Å². The fraction of sp³-hybridized carbons (Fsp3) is 1.00. The van der Waals surface area contributed by atoms with Crippen molar-refractivity contribution in [3.05, 3.63) is 0 Å². The van der Waals surface area contributed by atoms with Crippen LogP contribution < -0.4 is 0 Å². The first-order valence-electron chi connectivity index (χ1n) is 4.97. The molecule has 0 N–H and O–H groups in total. The van der Waals surface area contributed by atoms with Crippen LogP contribution >= 0.6 is 0 Å². The summed E-state index contributed by atoms with van der Waals surface area (Å²) in [6.07, 6.45) is 2.94. The second kappa shape index (κ2) is 3.71. The zero-order valence-electron chi connectivity index (χ0n) is 7.95. The molecule has 1 rings (SSSR count). The van der Waals surface area contributed by atoms with Crippen molar-refractivity contribution in [2.75, 3.05) is 0 Å². The molecule has 1 saturated carbocycles. The Labute approximate surface area is 73.3 Å². The quantitative estimate of drug-likeness (QED) is 0.599. The molecule has 0 spiro atoms. The topological polar surface area (TPSA) is 0 Å². The molecule has 1 aliphatic rings. The van der Waals surface area contributed by atoms with Gasteiger partial charge in [0.15, 0.2) is 0 Å². The molecule has 0 aliphatic heterocycles. The highest BCUT2D eigenvalue weighted by molar-refractivity contribution is 4.83. The van der Waals surface area contributed by atoms with E-state index in [1.165, 1.54) is 0 Å². The van der Waals surface area contributed by atoms with Crippen LogP contribution in [0.1, 0.15) is 46.0 Å². The Bertz CT molecular complexity index is 143. The molecule has 0 nitrogen and oxygen atoms in total. The van der Waals surface area contributed by atoms with E-state index in [2.05, 4.69) is 6.92 Å². The van der Waals surface area contributed by atoms with Crippen LogP contribution in [-0.2, 0) is 0 Å². The molecule has 0 amide bonds. The number of halogens is 2. The van der Waals surface area contributed by atoms with Crippen LogP contribution in [0, 0.1) is 11.8 Å². The van der Waals surface area contributed by atoms with Gasteiger partial charge in [0.05, 0.1) is 0 Å². The minimum atomic E-state index is -2.37. The molecule has 0 heterocycles. The monoisotopic (exact) mass is 176 g/mol. The normalized spacial score (nSPS) is 35.0. The molecule has 0 aromatic carbocycles. The molecule has 2 unspecified atom stereocenters. The van der Waals surface area contributed by atoms with Crippen molar-refractivity contribution < 1.29 is 8.78 Å². The SMILES string of the molecule is CCC1CCC(F)(F)CC1CC. The zero-order valence-corrected chi connectivity index (χ0v) is 7.95. The summed E-state index contributed by atoms with van der Waals surface area (Å²) in [5, 5.41) is 0. The lowest BCUT2D eigenvalue weighted by Gasteiger charge is -2.35. The third-order valence-electron chi connectivity index (χ3n) is 3.16. The molecule has 72 valence electrons. The first-order chi connectivity index (χ1) is 5.59. The van der Waals surface area contributed by atoms with Crippen LogP contribution in [0.2, 0.25) is 0 Å². The molecular weight excluding hydrogens is 158 g/mol. The Balaban J connectivity index is 2.53. The molecule has 1 fully saturated rings. The maximum Gasteiger partial charge on any atom is 0.248 e. The molecule has 0 saturated heterocycles. The van der Waals surface area contributed by atoms with Gasteiger partial charge in [0.1, 0.15) is 0 Å². The largest absolute Gasteiger partial charge is 0.248 e. The van der Waals surface area contributed by atoms with E-state index >= 15 is 0 Å². The summed E-state index contributed by atoms with van der Waals surface area (Å²) in [7, 11) is 0. The number of hydrogen-bond acceptors (Lipinski definition) is 0. The van der Waals surface area contributed by atoms with Gasteiger partial charge < -0.3 is 0 Å². The highest BCUT2D eigenvalue weighted by Gasteiger charge is 2.39. The summed E-state index contributed by atoms with van der Waals surface area (Å²) in [6, 6.07) is 0. The molecule has 0 aromatic rings. The Hall–Kier alpha value is -0.140. The van der Waals surface area contributed by atoms with Gasteiger partial charge in [0.25, 0.3) is 0 Å². The van der Waals surface area contributed by atoms with Crippen molar-refractivity contribution in [3.8, 4) is 0 Å². The summed E-state index contributed by atoms with van der Waals surface area (Å²) in [5.74, 6) is -1.56. The van der Waals surface area contributed by atoms with Crippen LogP contribution in [0.3, 0.4) is 0 Å². The molecule has 2 heteroatoms. The van der Waals surface area contributed by atoms with Gasteiger partial charge in [-0.3, -0.25) is 0 Å². The zero-order chi connectivity index (χ0) is 9.19. The standard InChI is InChI=1S/C10H18F2/c1-3-8-5-6-10(11,12)7-9(8)4-2/h8-9H,3-7H2,1-2H3. The van der Waals surface area contributed by atoms with E-state index in [1.54, 1.807) is 0 Å². The second-order valence-corrected chi connectivity index (χ2v) is 3.94. The average Bonchev–Trinajstić information content (AvgIpc) is 2.03. The predicted octanol–water partition coefficient (Wildman–Crippen LogP) is 3.86. The van der Waals surface area contributed by atoms with Gasteiger partial charge >= 0.3 is 0 Å². The summed E-state index contributed by atoms with van der Waals surface area (Å²) < 4.78 is 25.9. The smallest absolute Gasteiger partial charge is 0.207 e. The van der Waals surface area contributed by atoms with E-state index < -0.39 is 5.92 Å². The van der Waals surface area contributed by atoms with Gasteiger partial charge in [-0.05, 0) is 18.3 Å². The Morgan fingerprint density at radius 3 is 2.25 bits per heavy atom. The molecular formula is C10H18F2. The van der Waals surface area contributed by atoms with Gasteiger partial charge in [0.2, 0.25) is 5.92 Å². The first kappa shape index (κ1) is 9.94. The van der Waals surface area contributed by atoms with Gasteiger partial charge in [-0.1, -0.05) is 26.7 Å². The molecule has 1 aliphatic carbocycles.